The quantitative estimate of drug-likeness (QED) is 0.616. The summed E-state index contributed by atoms with van der Waals surface area (Å²) in [5.74, 6) is -0.729. The molecule has 0 aromatic rings. The number of esters is 1. The second-order valence-corrected chi connectivity index (χ2v) is 3.99. The van der Waals surface area contributed by atoms with Gasteiger partial charge in [-0.2, -0.15) is 0 Å². The summed E-state index contributed by atoms with van der Waals surface area (Å²) in [4.78, 5) is 13.2. The number of hydrogen-bond acceptors (Lipinski definition) is 4. The Hall–Kier alpha value is -0.680. The lowest BCUT2D eigenvalue weighted by Gasteiger charge is -2.35. The Morgan fingerprint density at radius 2 is 2.36 bits per heavy atom. The van der Waals surface area contributed by atoms with Crippen LogP contribution in [0.5, 0.6) is 0 Å². The zero-order valence-electron chi connectivity index (χ0n) is 8.25. The maximum absolute atomic E-state index is 13.9. The van der Waals surface area contributed by atoms with Crippen molar-refractivity contribution in [2.75, 3.05) is 33.3 Å². The number of hydrogen-bond donors (Lipinski definition) is 1. The topological polar surface area (TPSA) is 41.6 Å². The van der Waals surface area contributed by atoms with Gasteiger partial charge in [-0.25, -0.2) is 9.18 Å². The van der Waals surface area contributed by atoms with Crippen LogP contribution in [0.1, 0.15) is 6.42 Å². The fourth-order valence-electron chi connectivity index (χ4n) is 1.99. The van der Waals surface area contributed by atoms with Crippen molar-refractivity contribution in [2.24, 2.45) is 0 Å². The van der Waals surface area contributed by atoms with E-state index in [9.17, 15) is 9.18 Å². The van der Waals surface area contributed by atoms with Gasteiger partial charge in [0.2, 0.25) is 5.67 Å². The van der Waals surface area contributed by atoms with Gasteiger partial charge in [0.25, 0.3) is 0 Å². The molecule has 4 nitrogen and oxygen atoms in total. The van der Waals surface area contributed by atoms with E-state index in [0.717, 1.165) is 13.1 Å². The van der Waals surface area contributed by atoms with E-state index in [0.29, 0.717) is 12.6 Å². The van der Waals surface area contributed by atoms with Crippen molar-refractivity contribution < 1.29 is 13.9 Å². The van der Waals surface area contributed by atoms with Crippen LogP contribution in [0.3, 0.4) is 0 Å². The first-order chi connectivity index (χ1) is 6.65. The van der Waals surface area contributed by atoms with Crippen LogP contribution >= 0.6 is 0 Å². The molecule has 2 saturated heterocycles. The molecule has 1 N–H and O–H groups in total. The molecule has 2 aliphatic rings. The molecule has 1 atom stereocenters. The number of rotatable bonds is 2. The fraction of sp³-hybridized carbons (Fsp3) is 0.889. The van der Waals surface area contributed by atoms with E-state index < -0.39 is 11.6 Å². The highest BCUT2D eigenvalue weighted by molar-refractivity contribution is 5.80. The molecule has 0 aromatic heterocycles. The van der Waals surface area contributed by atoms with Crippen molar-refractivity contribution in [3.8, 4) is 0 Å². The minimum absolute atomic E-state index is 0.187. The van der Waals surface area contributed by atoms with Gasteiger partial charge in [0, 0.05) is 38.6 Å². The zero-order valence-corrected chi connectivity index (χ0v) is 8.25. The molecule has 2 fully saturated rings. The Morgan fingerprint density at radius 1 is 1.64 bits per heavy atom. The molecule has 0 saturated carbocycles. The molecule has 0 aliphatic carbocycles. The van der Waals surface area contributed by atoms with E-state index in [1.54, 1.807) is 0 Å². The number of nitrogens with one attached hydrogen (secondary N) is 1. The average molecular weight is 202 g/mol. The van der Waals surface area contributed by atoms with E-state index in [1.807, 2.05) is 4.90 Å². The molecule has 0 bridgehead atoms. The minimum Gasteiger partial charge on any atom is -0.467 e. The molecule has 2 heterocycles. The lowest BCUT2D eigenvalue weighted by Crippen LogP contribution is -2.57. The first-order valence-electron chi connectivity index (χ1n) is 4.88. The number of ether oxygens (including phenoxy) is 1. The summed E-state index contributed by atoms with van der Waals surface area (Å²) < 4.78 is 18.4. The van der Waals surface area contributed by atoms with Gasteiger partial charge >= 0.3 is 5.97 Å². The van der Waals surface area contributed by atoms with Gasteiger partial charge < -0.3 is 10.1 Å². The fourth-order valence-corrected chi connectivity index (χ4v) is 1.99. The molecule has 2 rings (SSSR count). The second kappa shape index (κ2) is 3.47. The molecule has 80 valence electrons. The largest absolute Gasteiger partial charge is 0.467 e. The van der Waals surface area contributed by atoms with E-state index in [2.05, 4.69) is 10.1 Å². The Balaban J connectivity index is 1.95. The first-order valence-corrected chi connectivity index (χ1v) is 4.88. The van der Waals surface area contributed by atoms with Crippen molar-refractivity contribution in [3.63, 3.8) is 0 Å². The van der Waals surface area contributed by atoms with Crippen LogP contribution in [0.15, 0.2) is 0 Å². The standard InChI is InChI=1S/C9H15FN2O2/c1-14-8(13)9(10)2-3-12(6-9)7-4-11-5-7/h7,11H,2-6H2,1H3. The summed E-state index contributed by atoms with van der Waals surface area (Å²) in [6, 6.07) is 0.400. The van der Waals surface area contributed by atoms with Crippen molar-refractivity contribution in [1.82, 2.24) is 10.2 Å². The third-order valence-electron chi connectivity index (χ3n) is 3.08. The summed E-state index contributed by atoms with van der Waals surface area (Å²) in [6.45, 7) is 2.64. The Labute approximate surface area is 82.4 Å². The SMILES string of the molecule is COC(=O)C1(F)CCN(C2CNC2)C1. The van der Waals surface area contributed by atoms with Crippen LogP contribution in [-0.4, -0.2) is 55.9 Å². The monoisotopic (exact) mass is 202 g/mol. The zero-order chi connectivity index (χ0) is 10.2. The third-order valence-corrected chi connectivity index (χ3v) is 3.08. The summed E-state index contributed by atoms with van der Waals surface area (Å²) in [5.41, 5.74) is -1.77. The highest BCUT2D eigenvalue weighted by Gasteiger charge is 2.48. The van der Waals surface area contributed by atoms with E-state index in [4.69, 9.17) is 0 Å². The molecule has 14 heavy (non-hydrogen) atoms. The summed E-state index contributed by atoms with van der Waals surface area (Å²) >= 11 is 0. The van der Waals surface area contributed by atoms with Crippen LogP contribution in [0, 0.1) is 0 Å². The summed E-state index contributed by atoms with van der Waals surface area (Å²) in [7, 11) is 1.23. The molecule has 0 aromatic carbocycles. The number of methoxy groups -OCH3 is 1. The van der Waals surface area contributed by atoms with Crippen molar-refractivity contribution in [3.05, 3.63) is 0 Å². The number of carbonyl (C=O) groups excluding carboxylic acids is 1. The smallest absolute Gasteiger partial charge is 0.345 e. The van der Waals surface area contributed by atoms with Gasteiger partial charge in [-0.05, 0) is 0 Å². The van der Waals surface area contributed by atoms with Crippen LogP contribution in [-0.2, 0) is 9.53 Å². The maximum Gasteiger partial charge on any atom is 0.345 e. The molecule has 0 radical (unpaired) electrons. The van der Waals surface area contributed by atoms with Gasteiger partial charge in [0.05, 0.1) is 7.11 Å². The number of nitrogens with zero attached hydrogens (tertiary/aromatic N) is 1. The Bertz CT molecular complexity index is 245. The normalized spacial score (nSPS) is 34.1. The van der Waals surface area contributed by atoms with Gasteiger partial charge in [0.15, 0.2) is 0 Å². The second-order valence-electron chi connectivity index (χ2n) is 3.99. The maximum atomic E-state index is 13.9. The molecular weight excluding hydrogens is 187 g/mol. The van der Waals surface area contributed by atoms with Crippen molar-refractivity contribution in [1.29, 1.82) is 0 Å². The van der Waals surface area contributed by atoms with Crippen LogP contribution in [0.4, 0.5) is 4.39 Å². The summed E-state index contributed by atoms with van der Waals surface area (Å²) in [6.07, 6.45) is 0.260. The Kier molecular flexibility index (Phi) is 2.45. The van der Waals surface area contributed by atoms with E-state index in [1.165, 1.54) is 7.11 Å². The van der Waals surface area contributed by atoms with Crippen molar-refractivity contribution >= 4 is 5.97 Å². The van der Waals surface area contributed by atoms with Crippen LogP contribution in [0.2, 0.25) is 0 Å². The lowest BCUT2D eigenvalue weighted by atomic mass is 10.1. The first kappa shape index (κ1) is 9.86. The van der Waals surface area contributed by atoms with E-state index in [-0.39, 0.29) is 13.0 Å². The highest BCUT2D eigenvalue weighted by atomic mass is 19.1. The van der Waals surface area contributed by atoms with Gasteiger partial charge in [0.1, 0.15) is 0 Å². The van der Waals surface area contributed by atoms with Crippen LogP contribution in [0.25, 0.3) is 0 Å². The molecule has 0 amide bonds. The predicted molar refractivity (Wildman–Crippen MR) is 48.7 cm³/mol. The number of carbonyl (C=O) groups is 1. The number of likely N-dealkylation sites (tertiary alicyclic amines) is 1. The minimum atomic E-state index is -1.77. The van der Waals surface area contributed by atoms with Gasteiger partial charge in [-0.3, -0.25) is 4.90 Å². The van der Waals surface area contributed by atoms with E-state index >= 15 is 0 Å². The number of alkyl halides is 1. The number of halogens is 1. The Morgan fingerprint density at radius 3 is 2.86 bits per heavy atom. The van der Waals surface area contributed by atoms with Crippen LogP contribution < -0.4 is 5.32 Å². The average Bonchev–Trinajstić information content (AvgIpc) is 2.45. The molecule has 5 heteroatoms. The summed E-state index contributed by atoms with van der Waals surface area (Å²) in [5, 5.41) is 3.13. The predicted octanol–water partition coefficient (Wildman–Crippen LogP) is -0.455. The molecule has 1 unspecified atom stereocenters. The third kappa shape index (κ3) is 1.50. The van der Waals surface area contributed by atoms with Gasteiger partial charge in [-0.15, -0.1) is 0 Å². The lowest BCUT2D eigenvalue weighted by molar-refractivity contribution is -0.153. The highest BCUT2D eigenvalue weighted by Crippen LogP contribution is 2.28. The molecule has 2 aliphatic heterocycles. The molecular formula is C9H15FN2O2. The molecule has 0 spiro atoms. The van der Waals surface area contributed by atoms with Crippen molar-refractivity contribution in [2.45, 2.75) is 18.1 Å². The van der Waals surface area contributed by atoms with Gasteiger partial charge in [-0.1, -0.05) is 0 Å².